The van der Waals surface area contributed by atoms with E-state index in [4.69, 9.17) is 18.0 Å². The minimum atomic E-state index is 0.121. The molecule has 104 valence electrons. The van der Waals surface area contributed by atoms with Crippen LogP contribution < -0.4 is 10.6 Å². The number of carbonyl (C=O) groups excluding carboxylic acids is 1. The first-order chi connectivity index (χ1) is 8.91. The monoisotopic (exact) mass is 281 g/mol. The molecule has 2 rings (SSSR count). The SMILES string of the molecule is CC(=O)N1CCN(c2c(C(N)=S)c(C)nn2C)CC1. The highest BCUT2D eigenvalue weighted by molar-refractivity contribution is 7.80. The Morgan fingerprint density at radius 3 is 2.37 bits per heavy atom. The molecule has 0 radical (unpaired) electrons. The van der Waals surface area contributed by atoms with Crippen molar-refractivity contribution in [3.8, 4) is 0 Å². The van der Waals surface area contributed by atoms with Crippen LogP contribution in [0.2, 0.25) is 0 Å². The Balaban J connectivity index is 2.24. The van der Waals surface area contributed by atoms with Crippen LogP contribution >= 0.6 is 12.2 Å². The number of nitrogens with zero attached hydrogens (tertiary/aromatic N) is 4. The van der Waals surface area contributed by atoms with E-state index in [-0.39, 0.29) is 5.91 Å². The quantitative estimate of drug-likeness (QED) is 0.775. The molecular weight excluding hydrogens is 262 g/mol. The zero-order valence-electron chi connectivity index (χ0n) is 11.5. The number of amides is 1. The van der Waals surface area contributed by atoms with Crippen molar-refractivity contribution in [2.24, 2.45) is 12.8 Å². The highest BCUT2D eigenvalue weighted by Gasteiger charge is 2.25. The molecule has 0 aromatic carbocycles. The van der Waals surface area contributed by atoms with Crippen LogP contribution in [-0.2, 0) is 11.8 Å². The lowest BCUT2D eigenvalue weighted by Gasteiger charge is -2.35. The first kappa shape index (κ1) is 13.8. The minimum absolute atomic E-state index is 0.121. The van der Waals surface area contributed by atoms with Crippen LogP contribution in [0.5, 0.6) is 0 Å². The number of nitrogens with two attached hydrogens (primary N) is 1. The molecule has 1 saturated heterocycles. The second kappa shape index (κ2) is 5.16. The van der Waals surface area contributed by atoms with Crippen LogP contribution in [0, 0.1) is 6.92 Å². The van der Waals surface area contributed by atoms with E-state index in [2.05, 4.69) is 10.00 Å². The summed E-state index contributed by atoms with van der Waals surface area (Å²) in [5.41, 5.74) is 7.49. The topological polar surface area (TPSA) is 67.4 Å². The summed E-state index contributed by atoms with van der Waals surface area (Å²) < 4.78 is 1.81. The highest BCUT2D eigenvalue weighted by Crippen LogP contribution is 2.24. The molecule has 2 N–H and O–H groups in total. The van der Waals surface area contributed by atoms with Gasteiger partial charge >= 0.3 is 0 Å². The third-order valence-corrected chi connectivity index (χ3v) is 3.67. The largest absolute Gasteiger partial charge is 0.389 e. The summed E-state index contributed by atoms with van der Waals surface area (Å²) in [6, 6.07) is 0. The van der Waals surface area contributed by atoms with Crippen molar-refractivity contribution in [3.63, 3.8) is 0 Å². The van der Waals surface area contributed by atoms with Gasteiger partial charge in [0.25, 0.3) is 0 Å². The Hall–Kier alpha value is -1.63. The van der Waals surface area contributed by atoms with Gasteiger partial charge in [-0.25, -0.2) is 0 Å². The van der Waals surface area contributed by atoms with Crippen LogP contribution in [0.3, 0.4) is 0 Å². The molecule has 0 bridgehead atoms. The van der Waals surface area contributed by atoms with E-state index in [1.807, 2.05) is 23.6 Å². The Morgan fingerprint density at radius 2 is 1.89 bits per heavy atom. The van der Waals surface area contributed by atoms with E-state index >= 15 is 0 Å². The number of aryl methyl sites for hydroxylation is 2. The normalized spacial score (nSPS) is 15.7. The van der Waals surface area contributed by atoms with Crippen LogP contribution in [0.4, 0.5) is 5.82 Å². The van der Waals surface area contributed by atoms with Gasteiger partial charge < -0.3 is 15.5 Å². The zero-order chi connectivity index (χ0) is 14.2. The maximum absolute atomic E-state index is 11.3. The fourth-order valence-electron chi connectivity index (χ4n) is 2.53. The van der Waals surface area contributed by atoms with E-state index in [0.717, 1.165) is 43.3 Å². The molecule has 0 aliphatic carbocycles. The van der Waals surface area contributed by atoms with Crippen molar-refractivity contribution < 1.29 is 4.79 Å². The summed E-state index contributed by atoms with van der Waals surface area (Å²) in [7, 11) is 1.89. The average molecular weight is 281 g/mol. The summed E-state index contributed by atoms with van der Waals surface area (Å²) in [5.74, 6) is 1.07. The standard InChI is InChI=1S/C12H19N5OS/c1-8-10(11(13)19)12(15(3)14-8)17-6-4-16(5-7-17)9(2)18/h4-7H2,1-3H3,(H2,13,19). The maximum atomic E-state index is 11.3. The van der Waals surface area contributed by atoms with E-state index in [9.17, 15) is 4.79 Å². The first-order valence-electron chi connectivity index (χ1n) is 6.25. The lowest BCUT2D eigenvalue weighted by molar-refractivity contribution is -0.129. The van der Waals surface area contributed by atoms with Gasteiger partial charge in [-0.15, -0.1) is 0 Å². The summed E-state index contributed by atoms with van der Waals surface area (Å²) in [4.78, 5) is 15.7. The van der Waals surface area contributed by atoms with Crippen molar-refractivity contribution in [2.75, 3.05) is 31.1 Å². The fourth-order valence-corrected chi connectivity index (χ4v) is 2.77. The van der Waals surface area contributed by atoms with E-state index in [1.165, 1.54) is 0 Å². The van der Waals surface area contributed by atoms with E-state index < -0.39 is 0 Å². The Morgan fingerprint density at radius 1 is 1.32 bits per heavy atom. The predicted molar refractivity (Wildman–Crippen MR) is 78.3 cm³/mol. The molecule has 0 atom stereocenters. The van der Waals surface area contributed by atoms with Gasteiger partial charge in [-0.1, -0.05) is 12.2 Å². The highest BCUT2D eigenvalue weighted by atomic mass is 32.1. The molecule has 6 nitrogen and oxygen atoms in total. The third kappa shape index (κ3) is 2.56. The summed E-state index contributed by atoms with van der Waals surface area (Å²) in [5, 5.41) is 4.39. The Labute approximate surface area is 118 Å². The number of aromatic nitrogens is 2. The van der Waals surface area contributed by atoms with Crippen LogP contribution in [-0.4, -0.2) is 51.8 Å². The maximum Gasteiger partial charge on any atom is 0.219 e. The van der Waals surface area contributed by atoms with Crippen LogP contribution in [0.25, 0.3) is 0 Å². The third-order valence-electron chi connectivity index (χ3n) is 3.46. The minimum Gasteiger partial charge on any atom is -0.389 e. The summed E-state index contributed by atoms with van der Waals surface area (Å²) >= 11 is 5.12. The van der Waals surface area contributed by atoms with Crippen molar-refractivity contribution >= 4 is 28.9 Å². The number of hydrogen-bond acceptors (Lipinski definition) is 4. The molecule has 1 aromatic heterocycles. The van der Waals surface area contributed by atoms with Gasteiger partial charge in [0.2, 0.25) is 5.91 Å². The average Bonchev–Trinajstić information content (AvgIpc) is 2.64. The van der Waals surface area contributed by atoms with Gasteiger partial charge in [0.15, 0.2) is 0 Å². The van der Waals surface area contributed by atoms with Crippen molar-refractivity contribution in [2.45, 2.75) is 13.8 Å². The Kier molecular flexibility index (Phi) is 3.75. The lowest BCUT2D eigenvalue weighted by atomic mass is 10.2. The molecular formula is C12H19N5OS. The number of carbonyl (C=O) groups is 1. The van der Waals surface area contributed by atoms with Crippen LogP contribution in [0.15, 0.2) is 0 Å². The lowest BCUT2D eigenvalue weighted by Crippen LogP contribution is -2.49. The van der Waals surface area contributed by atoms with Gasteiger partial charge in [-0.05, 0) is 6.92 Å². The van der Waals surface area contributed by atoms with Gasteiger partial charge in [0.05, 0.1) is 11.3 Å². The van der Waals surface area contributed by atoms with Gasteiger partial charge in [0.1, 0.15) is 10.8 Å². The summed E-state index contributed by atoms with van der Waals surface area (Å²) in [6.07, 6.45) is 0. The second-order valence-electron chi connectivity index (χ2n) is 4.76. The van der Waals surface area contributed by atoms with Crippen LogP contribution in [0.1, 0.15) is 18.2 Å². The molecule has 0 spiro atoms. The number of piperazine rings is 1. The smallest absolute Gasteiger partial charge is 0.219 e. The molecule has 0 saturated carbocycles. The predicted octanol–water partition coefficient (Wildman–Crippen LogP) is 0.0312. The second-order valence-corrected chi connectivity index (χ2v) is 5.20. The van der Waals surface area contributed by atoms with Crippen molar-refractivity contribution in [3.05, 3.63) is 11.3 Å². The number of thiocarbonyl (C=S) groups is 1. The molecule has 1 aliphatic rings. The molecule has 7 heteroatoms. The van der Waals surface area contributed by atoms with Gasteiger partial charge in [-0.3, -0.25) is 9.48 Å². The van der Waals surface area contributed by atoms with Crippen molar-refractivity contribution in [1.82, 2.24) is 14.7 Å². The Bertz CT molecular complexity index is 516. The fraction of sp³-hybridized carbons (Fsp3) is 0.583. The summed E-state index contributed by atoms with van der Waals surface area (Å²) in [6.45, 7) is 6.49. The number of anilines is 1. The van der Waals surface area contributed by atoms with Gasteiger partial charge in [0, 0.05) is 40.2 Å². The molecule has 19 heavy (non-hydrogen) atoms. The number of rotatable bonds is 2. The zero-order valence-corrected chi connectivity index (χ0v) is 12.3. The molecule has 1 aromatic rings. The molecule has 1 amide bonds. The number of hydrogen-bond donors (Lipinski definition) is 1. The molecule has 1 aliphatic heterocycles. The van der Waals surface area contributed by atoms with Gasteiger partial charge in [-0.2, -0.15) is 5.10 Å². The first-order valence-corrected chi connectivity index (χ1v) is 6.66. The van der Waals surface area contributed by atoms with E-state index in [1.54, 1.807) is 6.92 Å². The molecule has 2 heterocycles. The van der Waals surface area contributed by atoms with E-state index in [0.29, 0.717) is 4.99 Å². The molecule has 1 fully saturated rings. The van der Waals surface area contributed by atoms with Crippen molar-refractivity contribution in [1.29, 1.82) is 0 Å². The molecule has 0 unspecified atom stereocenters.